The molecule has 0 saturated heterocycles. The van der Waals surface area contributed by atoms with E-state index in [1.165, 1.54) is 19.2 Å². The maximum Gasteiger partial charge on any atom is 0.368 e. The van der Waals surface area contributed by atoms with Crippen molar-refractivity contribution in [1.29, 1.82) is 0 Å². The molecule has 28 heavy (non-hydrogen) atoms. The predicted octanol–water partition coefficient (Wildman–Crippen LogP) is 2.73. The summed E-state index contributed by atoms with van der Waals surface area (Å²) in [6.07, 6.45) is 2.47. The maximum absolute atomic E-state index is 14.7. The van der Waals surface area contributed by atoms with E-state index in [-0.39, 0.29) is 23.5 Å². The van der Waals surface area contributed by atoms with E-state index in [1.54, 1.807) is 13.8 Å². The first kappa shape index (κ1) is 21.6. The van der Waals surface area contributed by atoms with Crippen LogP contribution < -0.4 is 10.4 Å². The molecule has 8 nitrogen and oxygen atoms in total. The molecule has 1 aromatic carbocycles. The van der Waals surface area contributed by atoms with E-state index >= 15 is 0 Å². The molecule has 1 aromatic heterocycles. The van der Waals surface area contributed by atoms with Crippen LogP contribution in [-0.2, 0) is 16.6 Å². The number of rotatable bonds is 9. The lowest BCUT2D eigenvalue weighted by Crippen LogP contribution is -2.24. The Kier molecular flexibility index (Phi) is 7.31. The zero-order chi connectivity index (χ0) is 20.8. The molecule has 0 fully saturated rings. The third kappa shape index (κ3) is 5.17. The second kappa shape index (κ2) is 9.48. The molecule has 0 aliphatic carbocycles. The number of esters is 1. The van der Waals surface area contributed by atoms with Crippen molar-refractivity contribution in [2.75, 3.05) is 6.61 Å². The number of carbonyl (C=O) groups is 1. The van der Waals surface area contributed by atoms with Crippen molar-refractivity contribution in [3.63, 3.8) is 0 Å². The molecule has 1 atom stereocenters. The van der Waals surface area contributed by atoms with Crippen LogP contribution in [-0.4, -0.2) is 38.5 Å². The molecule has 0 N–H and O–H groups in total. The normalized spacial score (nSPS) is 12.2. The number of ether oxygens (including phenoxy) is 2. The molecule has 1 unspecified atom stereocenters. The van der Waals surface area contributed by atoms with Gasteiger partial charge in [0.25, 0.3) is 0 Å². The van der Waals surface area contributed by atoms with E-state index in [0.717, 1.165) is 28.6 Å². The van der Waals surface area contributed by atoms with Gasteiger partial charge in [0.15, 0.2) is 6.61 Å². The Morgan fingerprint density at radius 3 is 2.54 bits per heavy atom. The standard InChI is InChI=1S/C19H27FN4O4/c1-6-7-8-13(4)14-9-16(24-19(26)23(5)21-22-24)17(10-15(14)20)27-11-18(25)28-12(2)3/h9-10,12-13H,6-8,11H2,1-5H3. The van der Waals surface area contributed by atoms with Gasteiger partial charge in [0, 0.05) is 13.1 Å². The summed E-state index contributed by atoms with van der Waals surface area (Å²) in [7, 11) is 1.46. The number of carbonyl (C=O) groups excluding carboxylic acids is 1. The zero-order valence-corrected chi connectivity index (χ0v) is 16.9. The summed E-state index contributed by atoms with van der Waals surface area (Å²) in [6.45, 7) is 7.02. The van der Waals surface area contributed by atoms with Gasteiger partial charge in [0.1, 0.15) is 17.3 Å². The van der Waals surface area contributed by atoms with Crippen molar-refractivity contribution >= 4 is 5.97 Å². The molecule has 9 heteroatoms. The van der Waals surface area contributed by atoms with Gasteiger partial charge in [-0.2, -0.15) is 9.36 Å². The predicted molar refractivity (Wildman–Crippen MR) is 101 cm³/mol. The highest BCUT2D eigenvalue weighted by Gasteiger charge is 2.20. The van der Waals surface area contributed by atoms with Crippen LogP contribution in [0.1, 0.15) is 58.4 Å². The highest BCUT2D eigenvalue weighted by Crippen LogP contribution is 2.31. The second-order valence-corrected chi connectivity index (χ2v) is 7.01. The summed E-state index contributed by atoms with van der Waals surface area (Å²) in [5, 5.41) is 7.50. The quantitative estimate of drug-likeness (QED) is 0.608. The summed E-state index contributed by atoms with van der Waals surface area (Å²) in [4.78, 5) is 24.1. The molecular formula is C19H27FN4O4. The second-order valence-electron chi connectivity index (χ2n) is 7.01. The van der Waals surface area contributed by atoms with Crippen LogP contribution in [0, 0.1) is 5.82 Å². The highest BCUT2D eigenvalue weighted by atomic mass is 19.1. The monoisotopic (exact) mass is 394 g/mol. The Morgan fingerprint density at radius 2 is 1.96 bits per heavy atom. The average Bonchev–Trinajstić information content (AvgIpc) is 2.96. The van der Waals surface area contributed by atoms with E-state index in [4.69, 9.17) is 9.47 Å². The molecule has 0 bridgehead atoms. The summed E-state index contributed by atoms with van der Waals surface area (Å²) in [6, 6.07) is 2.71. The van der Waals surface area contributed by atoms with Gasteiger partial charge in [-0.3, -0.25) is 0 Å². The number of aromatic nitrogens is 4. The first-order valence-corrected chi connectivity index (χ1v) is 9.39. The van der Waals surface area contributed by atoms with Crippen LogP contribution in [0.4, 0.5) is 4.39 Å². The molecule has 0 radical (unpaired) electrons. The van der Waals surface area contributed by atoms with E-state index in [2.05, 4.69) is 17.4 Å². The number of hydrogen-bond acceptors (Lipinski definition) is 6. The number of hydrogen-bond donors (Lipinski definition) is 0. The molecule has 0 aliphatic heterocycles. The van der Waals surface area contributed by atoms with Gasteiger partial charge in [-0.1, -0.05) is 26.7 Å². The van der Waals surface area contributed by atoms with Crippen molar-refractivity contribution in [1.82, 2.24) is 19.8 Å². The molecule has 0 aliphatic rings. The van der Waals surface area contributed by atoms with Gasteiger partial charge in [0.2, 0.25) is 0 Å². The van der Waals surface area contributed by atoms with Gasteiger partial charge in [0.05, 0.1) is 6.10 Å². The largest absolute Gasteiger partial charge is 0.480 e. The average molecular weight is 394 g/mol. The van der Waals surface area contributed by atoms with Gasteiger partial charge < -0.3 is 9.47 Å². The van der Waals surface area contributed by atoms with Gasteiger partial charge >= 0.3 is 11.7 Å². The highest BCUT2D eigenvalue weighted by molar-refractivity contribution is 5.71. The fourth-order valence-corrected chi connectivity index (χ4v) is 2.78. The first-order valence-electron chi connectivity index (χ1n) is 9.39. The molecule has 0 spiro atoms. The lowest BCUT2D eigenvalue weighted by Gasteiger charge is -2.17. The van der Waals surface area contributed by atoms with Crippen molar-refractivity contribution in [3.05, 3.63) is 34.0 Å². The topological polar surface area (TPSA) is 88.2 Å². The number of halogens is 1. The minimum atomic E-state index is -0.590. The van der Waals surface area contributed by atoms with Crippen LogP contribution in [0.3, 0.4) is 0 Å². The lowest BCUT2D eigenvalue weighted by molar-refractivity contribution is -0.149. The third-order valence-electron chi connectivity index (χ3n) is 4.26. The fraction of sp³-hybridized carbons (Fsp3) is 0.579. The number of aryl methyl sites for hydroxylation is 1. The van der Waals surface area contributed by atoms with Crippen LogP contribution in [0.5, 0.6) is 5.75 Å². The van der Waals surface area contributed by atoms with E-state index < -0.39 is 24.1 Å². The van der Waals surface area contributed by atoms with Crippen LogP contribution >= 0.6 is 0 Å². The van der Waals surface area contributed by atoms with Crippen molar-refractivity contribution < 1.29 is 18.7 Å². The first-order chi connectivity index (χ1) is 13.2. The molecule has 2 rings (SSSR count). The van der Waals surface area contributed by atoms with Crippen LogP contribution in [0.15, 0.2) is 16.9 Å². The molecule has 0 amide bonds. The number of benzene rings is 1. The number of unbranched alkanes of at least 4 members (excludes halogenated alkanes) is 1. The Hall–Kier alpha value is -2.71. The Bertz CT molecular complexity index is 875. The van der Waals surface area contributed by atoms with Crippen molar-refractivity contribution in [3.8, 4) is 11.4 Å². The van der Waals surface area contributed by atoms with Gasteiger partial charge in [-0.25, -0.2) is 14.0 Å². The Morgan fingerprint density at radius 1 is 1.25 bits per heavy atom. The smallest absolute Gasteiger partial charge is 0.368 e. The molecular weight excluding hydrogens is 367 g/mol. The SMILES string of the molecule is CCCCC(C)c1cc(-n2nnn(C)c2=O)c(OCC(=O)OC(C)C)cc1F. The minimum absolute atomic E-state index is 0.0206. The van der Waals surface area contributed by atoms with Crippen LogP contribution in [0.25, 0.3) is 5.69 Å². The number of nitrogens with zero attached hydrogens (tertiary/aromatic N) is 4. The van der Waals surface area contributed by atoms with Crippen molar-refractivity contribution in [2.45, 2.75) is 59.0 Å². The number of tetrazole rings is 1. The Balaban J connectivity index is 2.42. The van der Waals surface area contributed by atoms with E-state index in [1.807, 2.05) is 6.92 Å². The summed E-state index contributed by atoms with van der Waals surface area (Å²) in [5.41, 5.74) is 0.182. The lowest BCUT2D eigenvalue weighted by atomic mass is 9.94. The maximum atomic E-state index is 14.7. The zero-order valence-electron chi connectivity index (χ0n) is 16.9. The summed E-state index contributed by atoms with van der Waals surface area (Å²) >= 11 is 0. The molecule has 154 valence electrons. The fourth-order valence-electron chi connectivity index (χ4n) is 2.78. The third-order valence-corrected chi connectivity index (χ3v) is 4.26. The van der Waals surface area contributed by atoms with Crippen molar-refractivity contribution in [2.24, 2.45) is 7.05 Å². The molecule has 1 heterocycles. The van der Waals surface area contributed by atoms with E-state index in [9.17, 15) is 14.0 Å². The summed E-state index contributed by atoms with van der Waals surface area (Å²) < 4.78 is 27.3. The minimum Gasteiger partial charge on any atom is -0.480 e. The molecule has 2 aromatic rings. The summed E-state index contributed by atoms with van der Waals surface area (Å²) in [5.74, 6) is -1.08. The molecule has 0 saturated carbocycles. The van der Waals surface area contributed by atoms with Gasteiger partial charge in [-0.15, -0.1) is 0 Å². The Labute approximate surface area is 163 Å². The van der Waals surface area contributed by atoms with E-state index in [0.29, 0.717) is 5.56 Å². The van der Waals surface area contributed by atoms with Gasteiger partial charge in [-0.05, 0) is 48.2 Å². The van der Waals surface area contributed by atoms with Crippen LogP contribution in [0.2, 0.25) is 0 Å².